The molecule has 0 radical (unpaired) electrons. The number of halogens is 2. The Hall–Kier alpha value is -2.06. The number of H-pyrrole nitrogens is 1. The van der Waals surface area contributed by atoms with Crippen LogP contribution in [0.3, 0.4) is 0 Å². The lowest BCUT2D eigenvalue weighted by Gasteiger charge is -2.04. The van der Waals surface area contributed by atoms with Gasteiger partial charge in [0, 0.05) is 15.0 Å². The van der Waals surface area contributed by atoms with Crippen LogP contribution in [0.25, 0.3) is 22.2 Å². The minimum absolute atomic E-state index is 0.109. The fourth-order valence-corrected chi connectivity index (χ4v) is 3.13. The molecule has 6 nitrogen and oxygen atoms in total. The van der Waals surface area contributed by atoms with Crippen LogP contribution >= 0.6 is 31.9 Å². The number of aromatic nitrogens is 2. The largest absolute Gasteiger partial charge is 0.420 e. The summed E-state index contributed by atoms with van der Waals surface area (Å²) in [4.78, 5) is 24.7. The number of hydrogen-bond acceptors (Lipinski definition) is 4. The van der Waals surface area contributed by atoms with Crippen LogP contribution in [0.4, 0.5) is 0 Å². The van der Waals surface area contributed by atoms with Crippen LogP contribution in [0.2, 0.25) is 0 Å². The van der Waals surface area contributed by atoms with Crippen LogP contribution in [0.1, 0.15) is 19.9 Å². The minimum Gasteiger partial charge on any atom is -0.408 e. The van der Waals surface area contributed by atoms with E-state index in [1.807, 2.05) is 32.0 Å². The molecule has 0 aliphatic carbocycles. The Morgan fingerprint density at radius 1 is 0.960 bits per heavy atom. The highest BCUT2D eigenvalue weighted by atomic mass is 79.9. The Morgan fingerprint density at radius 2 is 1.60 bits per heavy atom. The average molecular weight is 470 g/mol. The van der Waals surface area contributed by atoms with Crippen LogP contribution in [-0.2, 0) is 0 Å². The zero-order valence-electron chi connectivity index (χ0n) is 13.4. The zero-order chi connectivity index (χ0) is 18.1. The topological polar surface area (TPSA) is 81.1 Å². The second kappa shape index (κ2) is 7.05. The maximum absolute atomic E-state index is 11.5. The van der Waals surface area contributed by atoms with Gasteiger partial charge in [0.2, 0.25) is 0 Å². The van der Waals surface area contributed by atoms with Crippen molar-refractivity contribution in [3.05, 3.63) is 66.4 Å². The van der Waals surface area contributed by atoms with Crippen molar-refractivity contribution in [2.24, 2.45) is 0 Å². The molecular formula is C17H14Br2N2O4. The third kappa shape index (κ3) is 3.80. The first-order valence-corrected chi connectivity index (χ1v) is 9.02. The van der Waals surface area contributed by atoms with E-state index in [-0.39, 0.29) is 11.8 Å². The lowest BCUT2D eigenvalue weighted by atomic mass is 10.3. The number of fused-ring (bicyclic) bond motifs is 2. The molecule has 0 unspecified atom stereocenters. The molecule has 0 aliphatic heterocycles. The van der Waals surface area contributed by atoms with Gasteiger partial charge in [0.15, 0.2) is 11.2 Å². The third-order valence-electron chi connectivity index (χ3n) is 3.47. The summed E-state index contributed by atoms with van der Waals surface area (Å²) in [6, 6.07) is 11.0. The van der Waals surface area contributed by atoms with Gasteiger partial charge in [-0.3, -0.25) is 9.55 Å². The predicted octanol–water partition coefficient (Wildman–Crippen LogP) is 4.82. The van der Waals surface area contributed by atoms with Crippen molar-refractivity contribution in [1.82, 2.24) is 9.55 Å². The van der Waals surface area contributed by atoms with E-state index < -0.39 is 5.76 Å². The molecule has 0 amide bonds. The summed E-state index contributed by atoms with van der Waals surface area (Å²) in [6.45, 7) is 3.91. The van der Waals surface area contributed by atoms with E-state index in [4.69, 9.17) is 8.83 Å². The zero-order valence-corrected chi connectivity index (χ0v) is 16.5. The Labute approximate surface area is 158 Å². The first-order valence-electron chi connectivity index (χ1n) is 7.44. The molecule has 1 N–H and O–H groups in total. The van der Waals surface area contributed by atoms with Gasteiger partial charge < -0.3 is 8.83 Å². The molecule has 0 spiro atoms. The van der Waals surface area contributed by atoms with E-state index in [1.54, 1.807) is 22.8 Å². The van der Waals surface area contributed by atoms with Gasteiger partial charge >= 0.3 is 11.5 Å². The van der Waals surface area contributed by atoms with Crippen LogP contribution in [-0.4, -0.2) is 9.55 Å². The number of benzene rings is 2. The van der Waals surface area contributed by atoms with Gasteiger partial charge in [0.05, 0.1) is 11.0 Å². The molecule has 2 aromatic carbocycles. The van der Waals surface area contributed by atoms with Crippen molar-refractivity contribution in [1.29, 1.82) is 0 Å². The van der Waals surface area contributed by atoms with E-state index in [2.05, 4.69) is 36.8 Å². The van der Waals surface area contributed by atoms with Gasteiger partial charge in [-0.05, 0) is 50.2 Å². The molecule has 25 heavy (non-hydrogen) atoms. The lowest BCUT2D eigenvalue weighted by Crippen LogP contribution is -2.15. The monoisotopic (exact) mass is 468 g/mol. The van der Waals surface area contributed by atoms with Crippen LogP contribution in [0.5, 0.6) is 0 Å². The lowest BCUT2D eigenvalue weighted by molar-refractivity contribution is 0.478. The molecule has 8 heteroatoms. The highest BCUT2D eigenvalue weighted by Crippen LogP contribution is 2.21. The quantitative estimate of drug-likeness (QED) is 0.433. The van der Waals surface area contributed by atoms with E-state index in [0.29, 0.717) is 16.7 Å². The molecule has 2 heterocycles. The summed E-state index contributed by atoms with van der Waals surface area (Å²) in [7, 11) is 0. The second-order valence-corrected chi connectivity index (χ2v) is 7.43. The number of oxazole rings is 2. The maximum Gasteiger partial charge on any atom is 0.420 e. The highest BCUT2D eigenvalue weighted by Gasteiger charge is 2.11. The van der Waals surface area contributed by atoms with Gasteiger partial charge in [-0.15, -0.1) is 0 Å². The summed E-state index contributed by atoms with van der Waals surface area (Å²) >= 11 is 6.65. The Morgan fingerprint density at radius 3 is 2.28 bits per heavy atom. The molecule has 4 rings (SSSR count). The Kier molecular flexibility index (Phi) is 5.01. The molecule has 0 saturated carbocycles. The smallest absolute Gasteiger partial charge is 0.408 e. The molecule has 0 saturated heterocycles. The average Bonchev–Trinajstić information content (AvgIpc) is 3.05. The maximum atomic E-state index is 11.5. The van der Waals surface area contributed by atoms with E-state index in [1.165, 1.54) is 0 Å². The van der Waals surface area contributed by atoms with Gasteiger partial charge in [0.1, 0.15) is 0 Å². The molecule has 0 fully saturated rings. The van der Waals surface area contributed by atoms with Gasteiger partial charge in [-0.25, -0.2) is 9.59 Å². The van der Waals surface area contributed by atoms with Gasteiger partial charge in [-0.2, -0.15) is 0 Å². The first kappa shape index (κ1) is 17.8. The second-order valence-electron chi connectivity index (χ2n) is 5.60. The van der Waals surface area contributed by atoms with E-state index >= 15 is 0 Å². The summed E-state index contributed by atoms with van der Waals surface area (Å²) in [5, 5.41) is 0. The van der Waals surface area contributed by atoms with Gasteiger partial charge in [0.25, 0.3) is 0 Å². The van der Waals surface area contributed by atoms with Crippen LogP contribution < -0.4 is 11.5 Å². The van der Waals surface area contributed by atoms with Crippen LogP contribution in [0, 0.1) is 0 Å². The molecule has 2 aromatic heterocycles. The summed E-state index contributed by atoms with van der Waals surface area (Å²) in [5.41, 5.74) is 2.76. The number of aromatic amines is 1. The minimum atomic E-state index is -0.418. The van der Waals surface area contributed by atoms with Crippen molar-refractivity contribution < 1.29 is 8.83 Å². The number of rotatable bonds is 1. The Balaban J connectivity index is 0.000000150. The summed E-state index contributed by atoms with van der Waals surface area (Å²) in [5.74, 6) is -0.716. The molecule has 0 aliphatic rings. The molecule has 4 aromatic rings. The van der Waals surface area contributed by atoms with Crippen molar-refractivity contribution in [3.8, 4) is 0 Å². The number of nitrogens with zero attached hydrogens (tertiary/aromatic N) is 1. The molecule has 0 bridgehead atoms. The third-order valence-corrected chi connectivity index (χ3v) is 4.46. The van der Waals surface area contributed by atoms with Crippen molar-refractivity contribution in [2.75, 3.05) is 0 Å². The predicted molar refractivity (Wildman–Crippen MR) is 103 cm³/mol. The molecule has 0 atom stereocenters. The van der Waals surface area contributed by atoms with Crippen molar-refractivity contribution in [3.63, 3.8) is 0 Å². The SMILES string of the molecule is CC(C)n1c(=O)oc2ccc(Br)cc21.O=c1[nH]c2cc(Br)ccc2o1. The van der Waals surface area contributed by atoms with E-state index in [0.717, 1.165) is 14.5 Å². The highest BCUT2D eigenvalue weighted by molar-refractivity contribution is 9.10. The number of nitrogens with one attached hydrogen (secondary N) is 1. The Bertz CT molecular complexity index is 1150. The molecule has 130 valence electrons. The summed E-state index contributed by atoms with van der Waals surface area (Å²) in [6.07, 6.45) is 0. The fraction of sp³-hybridized carbons (Fsp3) is 0.176. The van der Waals surface area contributed by atoms with Gasteiger partial charge in [-0.1, -0.05) is 31.9 Å². The standard InChI is InChI=1S/C10H10BrNO2.C7H4BrNO2/c1-6(2)12-8-5-7(11)3-4-9(8)14-10(12)13;8-4-1-2-6-5(3-4)9-7(10)11-6/h3-6H,1-2H3;1-3H,(H,9,10). The van der Waals surface area contributed by atoms with Crippen molar-refractivity contribution in [2.45, 2.75) is 19.9 Å². The fourth-order valence-electron chi connectivity index (χ4n) is 2.42. The summed E-state index contributed by atoms with van der Waals surface area (Å²) < 4.78 is 13.4. The van der Waals surface area contributed by atoms with E-state index in [9.17, 15) is 9.59 Å². The molecular weight excluding hydrogens is 456 g/mol. The first-order chi connectivity index (χ1) is 11.8. The van der Waals surface area contributed by atoms with Crippen LogP contribution in [0.15, 0.2) is 63.8 Å². The normalized spacial score (nSPS) is 11.1. The number of hydrogen-bond donors (Lipinski definition) is 1. The van der Waals surface area contributed by atoms with Crippen molar-refractivity contribution >= 4 is 54.1 Å².